The van der Waals surface area contributed by atoms with E-state index in [0.29, 0.717) is 22.9 Å². The molecular formula is C11H13N5OS. The van der Waals surface area contributed by atoms with E-state index in [-0.39, 0.29) is 0 Å². The van der Waals surface area contributed by atoms with E-state index in [1.807, 2.05) is 19.3 Å². The number of ether oxygens (including phenoxy) is 1. The number of thiophene rings is 1. The maximum absolute atomic E-state index is 8.92. The van der Waals surface area contributed by atoms with E-state index in [1.165, 1.54) is 18.4 Å². The van der Waals surface area contributed by atoms with Gasteiger partial charge >= 0.3 is 0 Å². The normalized spacial score (nSPS) is 10.1. The minimum absolute atomic E-state index is 0.388. The van der Waals surface area contributed by atoms with Gasteiger partial charge in [-0.3, -0.25) is 4.68 Å². The van der Waals surface area contributed by atoms with Crippen LogP contribution in [0, 0.1) is 11.3 Å². The molecule has 6 nitrogen and oxygen atoms in total. The summed E-state index contributed by atoms with van der Waals surface area (Å²) in [6.07, 6.45) is 3.70. The van der Waals surface area contributed by atoms with Crippen molar-refractivity contribution in [2.75, 3.05) is 18.2 Å². The zero-order valence-electron chi connectivity index (χ0n) is 10.1. The quantitative estimate of drug-likeness (QED) is 0.873. The average Bonchev–Trinajstić information content (AvgIpc) is 2.90. The first-order valence-corrected chi connectivity index (χ1v) is 6.05. The lowest BCUT2D eigenvalue weighted by Crippen LogP contribution is -1.99. The number of nitrogens with one attached hydrogen (secondary N) is 1. The molecule has 18 heavy (non-hydrogen) atoms. The number of rotatable bonds is 4. The Labute approximate surface area is 109 Å². The van der Waals surface area contributed by atoms with Crippen molar-refractivity contribution in [2.45, 2.75) is 6.54 Å². The van der Waals surface area contributed by atoms with Crippen LogP contribution in [-0.2, 0) is 13.6 Å². The SMILES string of the molecule is COc1c(NCc2cnn(C)c2)sc(C#N)c1N. The molecule has 0 spiro atoms. The highest BCUT2D eigenvalue weighted by Crippen LogP contribution is 2.42. The third kappa shape index (κ3) is 2.24. The van der Waals surface area contributed by atoms with Gasteiger partial charge in [-0.25, -0.2) is 0 Å². The third-order valence-corrected chi connectivity index (χ3v) is 3.47. The molecule has 3 N–H and O–H groups in total. The van der Waals surface area contributed by atoms with Gasteiger partial charge in [0.15, 0.2) is 5.75 Å². The van der Waals surface area contributed by atoms with E-state index >= 15 is 0 Å². The van der Waals surface area contributed by atoms with Crippen LogP contribution in [0.1, 0.15) is 10.4 Å². The molecule has 0 saturated carbocycles. The molecule has 94 valence electrons. The molecule has 0 aliphatic heterocycles. The summed E-state index contributed by atoms with van der Waals surface area (Å²) < 4.78 is 6.94. The number of nitriles is 1. The van der Waals surface area contributed by atoms with Gasteiger partial charge in [0.2, 0.25) is 0 Å². The predicted molar refractivity (Wildman–Crippen MR) is 70.5 cm³/mol. The molecule has 0 aromatic carbocycles. The zero-order chi connectivity index (χ0) is 13.1. The first kappa shape index (κ1) is 12.3. The van der Waals surface area contributed by atoms with E-state index in [9.17, 15) is 0 Å². The van der Waals surface area contributed by atoms with Crippen molar-refractivity contribution in [3.05, 3.63) is 22.8 Å². The van der Waals surface area contributed by atoms with Gasteiger partial charge in [-0.15, -0.1) is 11.3 Å². The van der Waals surface area contributed by atoms with Crippen molar-refractivity contribution in [3.63, 3.8) is 0 Å². The van der Waals surface area contributed by atoms with Gasteiger partial charge in [-0.2, -0.15) is 10.4 Å². The summed E-state index contributed by atoms with van der Waals surface area (Å²) in [5, 5.41) is 17.0. The average molecular weight is 263 g/mol. The summed E-state index contributed by atoms with van der Waals surface area (Å²) in [5.74, 6) is 0.528. The number of aromatic nitrogens is 2. The predicted octanol–water partition coefficient (Wildman–Crippen LogP) is 1.56. The van der Waals surface area contributed by atoms with Crippen LogP contribution in [0.4, 0.5) is 10.7 Å². The largest absolute Gasteiger partial charge is 0.492 e. The fraction of sp³-hybridized carbons (Fsp3) is 0.273. The third-order valence-electron chi connectivity index (χ3n) is 2.42. The molecule has 2 heterocycles. The summed E-state index contributed by atoms with van der Waals surface area (Å²) in [5.41, 5.74) is 7.24. The lowest BCUT2D eigenvalue weighted by Gasteiger charge is -2.05. The zero-order valence-corrected chi connectivity index (χ0v) is 10.9. The Balaban J connectivity index is 2.16. The lowest BCUT2D eigenvalue weighted by atomic mass is 10.3. The van der Waals surface area contributed by atoms with Gasteiger partial charge in [0, 0.05) is 25.4 Å². The second-order valence-corrected chi connectivity index (χ2v) is 4.72. The molecule has 0 unspecified atom stereocenters. The van der Waals surface area contributed by atoms with Crippen LogP contribution in [0.2, 0.25) is 0 Å². The van der Waals surface area contributed by atoms with Crippen molar-refractivity contribution in [3.8, 4) is 11.8 Å². The van der Waals surface area contributed by atoms with Crippen LogP contribution >= 0.6 is 11.3 Å². The Morgan fingerprint density at radius 2 is 2.44 bits per heavy atom. The molecule has 0 radical (unpaired) electrons. The maximum atomic E-state index is 8.92. The number of hydrogen-bond donors (Lipinski definition) is 2. The van der Waals surface area contributed by atoms with E-state index in [4.69, 9.17) is 15.7 Å². The summed E-state index contributed by atoms with van der Waals surface area (Å²) in [7, 11) is 3.40. The molecule has 0 fully saturated rings. The molecule has 0 aliphatic carbocycles. The summed E-state index contributed by atoms with van der Waals surface area (Å²) in [4.78, 5) is 0.459. The van der Waals surface area contributed by atoms with Crippen LogP contribution < -0.4 is 15.8 Å². The van der Waals surface area contributed by atoms with Crippen LogP contribution in [-0.4, -0.2) is 16.9 Å². The fourth-order valence-corrected chi connectivity index (χ4v) is 2.46. The molecule has 2 aromatic rings. The highest BCUT2D eigenvalue weighted by molar-refractivity contribution is 7.17. The Bertz CT molecular complexity index is 595. The molecule has 0 aliphatic rings. The summed E-state index contributed by atoms with van der Waals surface area (Å²) in [6.45, 7) is 0.606. The van der Waals surface area contributed by atoms with Gasteiger partial charge in [0.05, 0.1) is 13.3 Å². The molecule has 0 bridgehead atoms. The molecular weight excluding hydrogens is 250 g/mol. The highest BCUT2D eigenvalue weighted by Gasteiger charge is 2.16. The smallest absolute Gasteiger partial charge is 0.177 e. The Morgan fingerprint density at radius 1 is 1.67 bits per heavy atom. The van der Waals surface area contributed by atoms with Crippen LogP contribution in [0.25, 0.3) is 0 Å². The monoisotopic (exact) mass is 263 g/mol. The van der Waals surface area contributed by atoms with Gasteiger partial charge in [-0.1, -0.05) is 0 Å². The van der Waals surface area contributed by atoms with Crippen LogP contribution in [0.3, 0.4) is 0 Å². The van der Waals surface area contributed by atoms with E-state index in [2.05, 4.69) is 10.4 Å². The fourth-order valence-electron chi connectivity index (χ4n) is 1.58. The minimum Gasteiger partial charge on any atom is -0.492 e. The number of hydrogen-bond acceptors (Lipinski definition) is 6. The molecule has 2 rings (SSSR count). The van der Waals surface area contributed by atoms with Gasteiger partial charge in [-0.05, 0) is 0 Å². The Kier molecular flexibility index (Phi) is 3.39. The van der Waals surface area contributed by atoms with Gasteiger partial charge in [0.25, 0.3) is 0 Å². The van der Waals surface area contributed by atoms with Crippen LogP contribution in [0.5, 0.6) is 5.75 Å². The molecule has 0 atom stereocenters. The second kappa shape index (κ2) is 4.98. The highest BCUT2D eigenvalue weighted by atomic mass is 32.1. The molecule has 2 aromatic heterocycles. The summed E-state index contributed by atoms with van der Waals surface area (Å²) in [6, 6.07) is 2.05. The molecule has 0 amide bonds. The maximum Gasteiger partial charge on any atom is 0.177 e. The number of methoxy groups -OCH3 is 1. The lowest BCUT2D eigenvalue weighted by molar-refractivity contribution is 0.420. The van der Waals surface area contributed by atoms with Gasteiger partial charge in [0.1, 0.15) is 21.6 Å². The van der Waals surface area contributed by atoms with Crippen molar-refractivity contribution in [1.29, 1.82) is 5.26 Å². The number of anilines is 2. The van der Waals surface area contributed by atoms with Gasteiger partial charge < -0.3 is 15.8 Å². The second-order valence-electron chi connectivity index (χ2n) is 3.69. The Morgan fingerprint density at radius 3 is 3.00 bits per heavy atom. The number of nitrogens with zero attached hydrogens (tertiary/aromatic N) is 3. The van der Waals surface area contributed by atoms with Crippen molar-refractivity contribution < 1.29 is 4.74 Å². The molecule has 0 saturated heterocycles. The van der Waals surface area contributed by atoms with E-state index < -0.39 is 0 Å². The standard InChI is InChI=1S/C11H13N5OS/c1-16-6-7(5-15-16)4-14-11-10(17-2)9(13)8(3-12)18-11/h5-6,14H,4,13H2,1-2H3. The van der Waals surface area contributed by atoms with E-state index in [0.717, 1.165) is 10.6 Å². The van der Waals surface area contributed by atoms with Crippen molar-refractivity contribution in [2.24, 2.45) is 7.05 Å². The van der Waals surface area contributed by atoms with Crippen molar-refractivity contribution >= 4 is 22.0 Å². The first-order valence-electron chi connectivity index (χ1n) is 5.23. The number of nitrogen functional groups attached to an aromatic ring is 1. The minimum atomic E-state index is 0.388. The van der Waals surface area contributed by atoms with Crippen LogP contribution in [0.15, 0.2) is 12.4 Å². The molecule has 7 heteroatoms. The van der Waals surface area contributed by atoms with E-state index in [1.54, 1.807) is 10.9 Å². The number of aryl methyl sites for hydroxylation is 1. The first-order chi connectivity index (χ1) is 8.65. The topological polar surface area (TPSA) is 88.9 Å². The number of nitrogens with two attached hydrogens (primary N) is 1. The summed E-state index contributed by atoms with van der Waals surface area (Å²) >= 11 is 1.29. The Hall–Kier alpha value is -2.20. The van der Waals surface area contributed by atoms with Crippen molar-refractivity contribution in [1.82, 2.24) is 9.78 Å².